The molecule has 1 rings (SSSR count). The van der Waals surface area contributed by atoms with Crippen molar-refractivity contribution in [3.8, 4) is 6.07 Å². The van der Waals surface area contributed by atoms with Crippen LogP contribution in [0.25, 0.3) is 0 Å². The van der Waals surface area contributed by atoms with Crippen LogP contribution in [0.5, 0.6) is 0 Å². The monoisotopic (exact) mass is 195 g/mol. The average Bonchev–Trinajstić information content (AvgIpc) is 2.26. The van der Waals surface area contributed by atoms with Gasteiger partial charge in [0.2, 0.25) is 0 Å². The molecule has 0 bridgehead atoms. The molecule has 1 aliphatic rings. The maximum atomic E-state index is 9.07. The van der Waals surface area contributed by atoms with E-state index in [0.29, 0.717) is 0 Å². The van der Waals surface area contributed by atoms with Crippen molar-refractivity contribution in [3.05, 3.63) is 0 Å². The number of nitriles is 1. The fraction of sp³-hybridized carbons (Fsp3) is 0.909. The highest BCUT2D eigenvalue weighted by atomic mass is 15.2. The lowest BCUT2D eigenvalue weighted by molar-refractivity contribution is 0.196. The minimum Gasteiger partial charge on any atom is -0.314 e. The smallest absolute Gasteiger partial charge is 0.0978 e. The first-order valence-electron chi connectivity index (χ1n) is 5.73. The summed E-state index contributed by atoms with van der Waals surface area (Å²) < 4.78 is 0. The summed E-state index contributed by atoms with van der Waals surface area (Å²) >= 11 is 0. The number of unbranched alkanes of at least 4 members (excludes halogenated alkanes) is 2. The highest BCUT2D eigenvalue weighted by molar-refractivity contribution is 4.93. The van der Waals surface area contributed by atoms with Crippen LogP contribution in [0.2, 0.25) is 0 Å². The van der Waals surface area contributed by atoms with E-state index in [2.05, 4.69) is 23.2 Å². The molecule has 1 atom stereocenters. The Morgan fingerprint density at radius 1 is 1.36 bits per heavy atom. The van der Waals surface area contributed by atoms with Gasteiger partial charge in [-0.05, 0) is 6.42 Å². The van der Waals surface area contributed by atoms with E-state index in [1.165, 1.54) is 19.3 Å². The standard InChI is InChI=1S/C11H21N3/c1-2-3-4-5-11(10-12)14-8-6-13-7-9-14/h11,13H,2-9H2,1H3. The van der Waals surface area contributed by atoms with Crippen LogP contribution in [0.15, 0.2) is 0 Å². The second-order valence-corrected chi connectivity index (χ2v) is 3.93. The molecule has 0 saturated carbocycles. The van der Waals surface area contributed by atoms with Crippen molar-refractivity contribution < 1.29 is 0 Å². The Morgan fingerprint density at radius 2 is 2.07 bits per heavy atom. The first-order chi connectivity index (χ1) is 6.88. The molecule has 1 heterocycles. The van der Waals surface area contributed by atoms with E-state index >= 15 is 0 Å². The summed E-state index contributed by atoms with van der Waals surface area (Å²) in [5, 5.41) is 12.4. The highest BCUT2D eigenvalue weighted by Gasteiger charge is 2.18. The molecule has 80 valence electrons. The lowest BCUT2D eigenvalue weighted by Gasteiger charge is -2.31. The predicted octanol–water partition coefficient (Wildman–Crippen LogP) is 1.36. The summed E-state index contributed by atoms with van der Waals surface area (Å²) in [6.45, 7) is 6.33. The molecule has 3 heteroatoms. The number of nitrogens with zero attached hydrogens (tertiary/aromatic N) is 2. The third kappa shape index (κ3) is 3.65. The maximum Gasteiger partial charge on any atom is 0.0978 e. The Bertz CT molecular complexity index is 179. The zero-order valence-electron chi connectivity index (χ0n) is 9.13. The van der Waals surface area contributed by atoms with Crippen molar-refractivity contribution >= 4 is 0 Å². The van der Waals surface area contributed by atoms with E-state index in [9.17, 15) is 0 Å². The average molecular weight is 195 g/mol. The van der Waals surface area contributed by atoms with E-state index in [1.807, 2.05) is 0 Å². The minimum absolute atomic E-state index is 0.156. The van der Waals surface area contributed by atoms with Crippen LogP contribution in [0.3, 0.4) is 0 Å². The van der Waals surface area contributed by atoms with E-state index in [1.54, 1.807) is 0 Å². The van der Waals surface area contributed by atoms with Crippen molar-refractivity contribution in [2.24, 2.45) is 0 Å². The molecule has 0 aromatic rings. The van der Waals surface area contributed by atoms with Gasteiger partial charge in [-0.1, -0.05) is 26.2 Å². The molecule has 1 N–H and O–H groups in total. The Morgan fingerprint density at radius 3 is 2.64 bits per heavy atom. The van der Waals surface area contributed by atoms with E-state index in [4.69, 9.17) is 5.26 Å². The molecule has 1 saturated heterocycles. The summed E-state index contributed by atoms with van der Waals surface area (Å²) in [5.41, 5.74) is 0. The van der Waals surface area contributed by atoms with Crippen molar-refractivity contribution in [1.82, 2.24) is 10.2 Å². The van der Waals surface area contributed by atoms with Crippen LogP contribution in [-0.2, 0) is 0 Å². The van der Waals surface area contributed by atoms with E-state index in [0.717, 1.165) is 32.6 Å². The van der Waals surface area contributed by atoms with Gasteiger partial charge in [0, 0.05) is 26.2 Å². The number of rotatable bonds is 5. The Hall–Kier alpha value is -0.590. The van der Waals surface area contributed by atoms with Gasteiger partial charge in [0.05, 0.1) is 12.1 Å². The van der Waals surface area contributed by atoms with Gasteiger partial charge in [0.1, 0.15) is 0 Å². The van der Waals surface area contributed by atoms with Crippen molar-refractivity contribution in [2.45, 2.75) is 38.6 Å². The molecule has 3 nitrogen and oxygen atoms in total. The van der Waals surface area contributed by atoms with Crippen molar-refractivity contribution in [3.63, 3.8) is 0 Å². The summed E-state index contributed by atoms with van der Waals surface area (Å²) in [7, 11) is 0. The summed E-state index contributed by atoms with van der Waals surface area (Å²) in [5.74, 6) is 0. The largest absolute Gasteiger partial charge is 0.314 e. The number of hydrogen-bond donors (Lipinski definition) is 1. The van der Waals surface area contributed by atoms with Gasteiger partial charge in [0.25, 0.3) is 0 Å². The van der Waals surface area contributed by atoms with Gasteiger partial charge >= 0.3 is 0 Å². The Balaban J connectivity index is 2.25. The molecule has 0 aromatic carbocycles. The Labute approximate surface area is 87.1 Å². The second kappa shape index (κ2) is 6.80. The number of nitrogens with one attached hydrogen (secondary N) is 1. The second-order valence-electron chi connectivity index (χ2n) is 3.93. The molecule has 0 amide bonds. The molecule has 0 spiro atoms. The maximum absolute atomic E-state index is 9.07. The van der Waals surface area contributed by atoms with Gasteiger partial charge < -0.3 is 5.32 Å². The molecule has 0 aliphatic carbocycles. The molecule has 1 fully saturated rings. The topological polar surface area (TPSA) is 39.1 Å². The Kier molecular flexibility index (Phi) is 5.58. The first kappa shape index (κ1) is 11.5. The van der Waals surface area contributed by atoms with Crippen molar-refractivity contribution in [1.29, 1.82) is 5.26 Å². The van der Waals surface area contributed by atoms with Crippen LogP contribution in [0.1, 0.15) is 32.6 Å². The van der Waals surface area contributed by atoms with Crippen LogP contribution in [-0.4, -0.2) is 37.1 Å². The zero-order chi connectivity index (χ0) is 10.2. The SMILES string of the molecule is CCCCCC(C#N)N1CCNCC1. The van der Waals surface area contributed by atoms with Gasteiger partial charge in [0.15, 0.2) is 0 Å². The summed E-state index contributed by atoms with van der Waals surface area (Å²) in [4.78, 5) is 2.31. The minimum atomic E-state index is 0.156. The number of hydrogen-bond acceptors (Lipinski definition) is 3. The van der Waals surface area contributed by atoms with Gasteiger partial charge in [-0.3, -0.25) is 4.90 Å². The molecule has 1 aliphatic heterocycles. The van der Waals surface area contributed by atoms with Gasteiger partial charge in [-0.2, -0.15) is 5.26 Å². The molecule has 0 radical (unpaired) electrons. The third-order valence-electron chi connectivity index (χ3n) is 2.82. The molecule has 14 heavy (non-hydrogen) atoms. The van der Waals surface area contributed by atoms with Gasteiger partial charge in [-0.15, -0.1) is 0 Å². The fourth-order valence-electron chi connectivity index (χ4n) is 1.91. The molecule has 0 aromatic heterocycles. The predicted molar refractivity (Wildman–Crippen MR) is 58.0 cm³/mol. The van der Waals surface area contributed by atoms with E-state index < -0.39 is 0 Å². The lowest BCUT2D eigenvalue weighted by Crippen LogP contribution is -2.47. The highest BCUT2D eigenvalue weighted by Crippen LogP contribution is 2.10. The molecule has 1 unspecified atom stereocenters. The van der Waals surface area contributed by atoms with Crippen LogP contribution in [0.4, 0.5) is 0 Å². The first-order valence-corrected chi connectivity index (χ1v) is 5.73. The zero-order valence-corrected chi connectivity index (χ0v) is 9.13. The van der Waals surface area contributed by atoms with E-state index in [-0.39, 0.29) is 6.04 Å². The lowest BCUT2D eigenvalue weighted by atomic mass is 10.1. The third-order valence-corrected chi connectivity index (χ3v) is 2.82. The fourth-order valence-corrected chi connectivity index (χ4v) is 1.91. The molecular weight excluding hydrogens is 174 g/mol. The molecular formula is C11H21N3. The van der Waals surface area contributed by atoms with Crippen LogP contribution >= 0.6 is 0 Å². The quantitative estimate of drug-likeness (QED) is 0.673. The van der Waals surface area contributed by atoms with Crippen LogP contribution in [0, 0.1) is 11.3 Å². The van der Waals surface area contributed by atoms with Crippen molar-refractivity contribution in [2.75, 3.05) is 26.2 Å². The van der Waals surface area contributed by atoms with Crippen LogP contribution < -0.4 is 5.32 Å². The summed E-state index contributed by atoms with van der Waals surface area (Å²) in [6, 6.07) is 2.58. The summed E-state index contributed by atoms with van der Waals surface area (Å²) in [6.07, 6.45) is 4.73. The number of piperazine rings is 1. The van der Waals surface area contributed by atoms with Gasteiger partial charge in [-0.25, -0.2) is 0 Å². The normalized spacial score (nSPS) is 20.3.